The van der Waals surface area contributed by atoms with Crippen LogP contribution in [0.1, 0.15) is 25.3 Å². The number of carbonyl (C=O) groups excluding carboxylic acids is 1. The lowest BCUT2D eigenvalue weighted by Crippen LogP contribution is -2.23. The molecule has 0 N–H and O–H groups in total. The standard InChI is InChI=1S/C13H14O/c1-13(9-7-12(14)8-10-13)11-5-3-2-4-6-11/h2-7,9H,8,10H2,1H3/t13-/m1/s1. The minimum atomic E-state index is 0.0508. The van der Waals surface area contributed by atoms with Crippen molar-refractivity contribution in [3.8, 4) is 0 Å². The fraction of sp³-hybridized carbons (Fsp3) is 0.308. The van der Waals surface area contributed by atoms with Crippen molar-refractivity contribution in [1.29, 1.82) is 0 Å². The first-order chi connectivity index (χ1) is 6.71. The molecule has 14 heavy (non-hydrogen) atoms. The van der Waals surface area contributed by atoms with E-state index >= 15 is 0 Å². The molecule has 0 saturated carbocycles. The third-order valence-electron chi connectivity index (χ3n) is 2.96. The van der Waals surface area contributed by atoms with Crippen LogP contribution in [0.4, 0.5) is 0 Å². The fourth-order valence-corrected chi connectivity index (χ4v) is 1.89. The van der Waals surface area contributed by atoms with Crippen molar-refractivity contribution in [2.75, 3.05) is 0 Å². The highest BCUT2D eigenvalue weighted by atomic mass is 16.1. The molecule has 0 aliphatic heterocycles. The van der Waals surface area contributed by atoms with Gasteiger partial charge < -0.3 is 0 Å². The van der Waals surface area contributed by atoms with E-state index < -0.39 is 0 Å². The van der Waals surface area contributed by atoms with Gasteiger partial charge in [-0.25, -0.2) is 0 Å². The highest BCUT2D eigenvalue weighted by Gasteiger charge is 2.26. The summed E-state index contributed by atoms with van der Waals surface area (Å²) >= 11 is 0. The summed E-state index contributed by atoms with van der Waals surface area (Å²) in [5.41, 5.74) is 1.35. The largest absolute Gasteiger partial charge is 0.295 e. The van der Waals surface area contributed by atoms with Crippen molar-refractivity contribution in [2.24, 2.45) is 0 Å². The molecule has 1 heteroatoms. The second-order valence-electron chi connectivity index (χ2n) is 4.08. The van der Waals surface area contributed by atoms with E-state index in [9.17, 15) is 4.79 Å². The van der Waals surface area contributed by atoms with E-state index in [1.165, 1.54) is 5.56 Å². The molecule has 1 atom stereocenters. The van der Waals surface area contributed by atoms with Gasteiger partial charge in [0.15, 0.2) is 5.78 Å². The van der Waals surface area contributed by atoms with Crippen LogP contribution < -0.4 is 0 Å². The van der Waals surface area contributed by atoms with Gasteiger partial charge in [0.05, 0.1) is 0 Å². The van der Waals surface area contributed by atoms with Gasteiger partial charge in [-0.1, -0.05) is 43.3 Å². The summed E-state index contributed by atoms with van der Waals surface area (Å²) in [4.78, 5) is 11.1. The highest BCUT2D eigenvalue weighted by Crippen LogP contribution is 2.33. The van der Waals surface area contributed by atoms with E-state index in [4.69, 9.17) is 0 Å². The van der Waals surface area contributed by atoms with E-state index in [0.29, 0.717) is 6.42 Å². The Balaban J connectivity index is 2.34. The summed E-state index contributed by atoms with van der Waals surface area (Å²) in [5.74, 6) is 0.249. The zero-order valence-corrected chi connectivity index (χ0v) is 8.36. The van der Waals surface area contributed by atoms with Gasteiger partial charge >= 0.3 is 0 Å². The number of rotatable bonds is 1. The number of benzene rings is 1. The van der Waals surface area contributed by atoms with E-state index in [2.05, 4.69) is 19.1 Å². The first kappa shape index (κ1) is 9.20. The molecule has 1 nitrogen and oxygen atoms in total. The number of ketones is 1. The normalized spacial score (nSPS) is 26.5. The Morgan fingerprint density at radius 3 is 2.50 bits per heavy atom. The predicted molar refractivity (Wildman–Crippen MR) is 57.2 cm³/mol. The molecule has 1 aliphatic rings. The fourth-order valence-electron chi connectivity index (χ4n) is 1.89. The zero-order valence-electron chi connectivity index (χ0n) is 8.36. The molecule has 0 unspecified atom stereocenters. The second-order valence-corrected chi connectivity index (χ2v) is 4.08. The lowest BCUT2D eigenvalue weighted by atomic mass is 9.75. The van der Waals surface area contributed by atoms with Crippen LogP contribution in [-0.2, 0) is 10.2 Å². The molecular weight excluding hydrogens is 172 g/mol. The molecule has 0 fully saturated rings. The van der Waals surface area contributed by atoms with Gasteiger partial charge in [0, 0.05) is 11.8 Å². The first-order valence-corrected chi connectivity index (χ1v) is 4.98. The molecule has 2 rings (SSSR count). The van der Waals surface area contributed by atoms with Crippen LogP contribution in [-0.4, -0.2) is 5.78 Å². The lowest BCUT2D eigenvalue weighted by Gasteiger charge is -2.28. The molecule has 0 bridgehead atoms. The third-order valence-corrected chi connectivity index (χ3v) is 2.96. The van der Waals surface area contributed by atoms with Crippen LogP contribution in [0.25, 0.3) is 0 Å². The molecule has 1 aliphatic carbocycles. The summed E-state index contributed by atoms with van der Waals surface area (Å²) in [6.07, 6.45) is 5.35. The van der Waals surface area contributed by atoms with Gasteiger partial charge in [-0.3, -0.25) is 4.79 Å². The van der Waals surface area contributed by atoms with Crippen LogP contribution in [0, 0.1) is 0 Å². The molecule has 0 saturated heterocycles. The minimum Gasteiger partial charge on any atom is -0.295 e. The highest BCUT2D eigenvalue weighted by molar-refractivity contribution is 5.91. The molecule has 0 aromatic heterocycles. The average Bonchev–Trinajstić information content (AvgIpc) is 2.24. The maximum Gasteiger partial charge on any atom is 0.155 e. The van der Waals surface area contributed by atoms with E-state index in [1.54, 1.807) is 6.08 Å². The summed E-state index contributed by atoms with van der Waals surface area (Å²) in [6.45, 7) is 2.19. The SMILES string of the molecule is C[C@@]1(c2ccccc2)C=CC(=O)CC1. The van der Waals surface area contributed by atoms with Gasteiger partial charge in [0.1, 0.15) is 0 Å². The van der Waals surface area contributed by atoms with E-state index in [1.807, 2.05) is 24.3 Å². The summed E-state index contributed by atoms with van der Waals surface area (Å²) in [7, 11) is 0. The topological polar surface area (TPSA) is 17.1 Å². The Morgan fingerprint density at radius 2 is 1.93 bits per heavy atom. The minimum absolute atomic E-state index is 0.0508. The van der Waals surface area contributed by atoms with Crippen LogP contribution in [0.5, 0.6) is 0 Å². The maximum atomic E-state index is 11.1. The van der Waals surface area contributed by atoms with Crippen molar-refractivity contribution in [3.05, 3.63) is 48.0 Å². The molecule has 1 aromatic rings. The van der Waals surface area contributed by atoms with Crippen LogP contribution in [0.15, 0.2) is 42.5 Å². The van der Waals surface area contributed by atoms with Crippen molar-refractivity contribution in [3.63, 3.8) is 0 Å². The van der Waals surface area contributed by atoms with Gasteiger partial charge in [0.25, 0.3) is 0 Å². The van der Waals surface area contributed by atoms with Crippen LogP contribution in [0.3, 0.4) is 0 Å². The van der Waals surface area contributed by atoms with E-state index in [0.717, 1.165) is 6.42 Å². The predicted octanol–water partition coefficient (Wildman–Crippen LogP) is 2.86. The molecule has 0 radical (unpaired) electrons. The van der Waals surface area contributed by atoms with Gasteiger partial charge in [0.2, 0.25) is 0 Å². The molecule has 0 spiro atoms. The molecular formula is C13H14O. The molecule has 72 valence electrons. The Hall–Kier alpha value is -1.37. The summed E-state index contributed by atoms with van der Waals surface area (Å²) in [6, 6.07) is 10.4. The number of hydrogen-bond acceptors (Lipinski definition) is 1. The summed E-state index contributed by atoms with van der Waals surface area (Å²) in [5, 5.41) is 0. The Labute approximate surface area is 84.5 Å². The Bertz CT molecular complexity index is 364. The van der Waals surface area contributed by atoms with Crippen molar-refractivity contribution in [2.45, 2.75) is 25.2 Å². The Kier molecular flexibility index (Phi) is 2.24. The molecule has 1 aromatic carbocycles. The van der Waals surface area contributed by atoms with Crippen LogP contribution in [0.2, 0.25) is 0 Å². The second kappa shape index (κ2) is 3.41. The average molecular weight is 186 g/mol. The summed E-state index contributed by atoms with van der Waals surface area (Å²) < 4.78 is 0. The van der Waals surface area contributed by atoms with Crippen molar-refractivity contribution in [1.82, 2.24) is 0 Å². The van der Waals surface area contributed by atoms with Gasteiger partial charge in [-0.2, -0.15) is 0 Å². The number of carbonyl (C=O) groups is 1. The quantitative estimate of drug-likeness (QED) is 0.659. The Morgan fingerprint density at radius 1 is 1.21 bits per heavy atom. The van der Waals surface area contributed by atoms with E-state index in [-0.39, 0.29) is 11.2 Å². The molecule has 0 heterocycles. The lowest BCUT2D eigenvalue weighted by molar-refractivity contribution is -0.115. The third kappa shape index (κ3) is 1.63. The van der Waals surface area contributed by atoms with Crippen molar-refractivity contribution >= 4 is 5.78 Å². The number of allylic oxidation sites excluding steroid dienone is 2. The zero-order chi connectivity index (χ0) is 10.0. The molecule has 0 amide bonds. The van der Waals surface area contributed by atoms with Crippen LogP contribution >= 0.6 is 0 Å². The monoisotopic (exact) mass is 186 g/mol. The van der Waals surface area contributed by atoms with Gasteiger partial charge in [-0.15, -0.1) is 0 Å². The maximum absolute atomic E-state index is 11.1. The number of hydrogen-bond donors (Lipinski definition) is 0. The first-order valence-electron chi connectivity index (χ1n) is 4.98. The van der Waals surface area contributed by atoms with Gasteiger partial charge in [-0.05, 0) is 18.1 Å². The smallest absolute Gasteiger partial charge is 0.155 e. The van der Waals surface area contributed by atoms with Crippen molar-refractivity contribution < 1.29 is 4.79 Å².